The van der Waals surface area contributed by atoms with E-state index in [4.69, 9.17) is 0 Å². The summed E-state index contributed by atoms with van der Waals surface area (Å²) < 4.78 is 0. The Labute approximate surface area is 131 Å². The number of unbranched alkanes of at least 4 members (excludes halogenated alkanes) is 7. The SMILES string of the molecule is CC(O)CCCCCCCCCCC1CCC(O)C(C)N1. The van der Waals surface area contributed by atoms with Gasteiger partial charge in [-0.1, -0.05) is 51.4 Å². The van der Waals surface area contributed by atoms with Crippen molar-refractivity contribution >= 4 is 0 Å². The van der Waals surface area contributed by atoms with Gasteiger partial charge < -0.3 is 15.5 Å². The van der Waals surface area contributed by atoms with Crippen LogP contribution in [0.1, 0.15) is 90.9 Å². The zero-order chi connectivity index (χ0) is 15.5. The fourth-order valence-electron chi connectivity index (χ4n) is 3.31. The van der Waals surface area contributed by atoms with Crippen molar-refractivity contribution < 1.29 is 10.2 Å². The highest BCUT2D eigenvalue weighted by molar-refractivity contribution is 4.83. The van der Waals surface area contributed by atoms with Gasteiger partial charge in [-0.2, -0.15) is 0 Å². The van der Waals surface area contributed by atoms with E-state index in [1.54, 1.807) is 0 Å². The number of hydrogen-bond donors (Lipinski definition) is 3. The van der Waals surface area contributed by atoms with Crippen LogP contribution >= 0.6 is 0 Å². The summed E-state index contributed by atoms with van der Waals surface area (Å²) in [7, 11) is 0. The van der Waals surface area contributed by atoms with Gasteiger partial charge in [0.15, 0.2) is 0 Å². The molecule has 1 fully saturated rings. The molecule has 0 saturated carbocycles. The smallest absolute Gasteiger partial charge is 0.0691 e. The van der Waals surface area contributed by atoms with Crippen molar-refractivity contribution in [2.75, 3.05) is 0 Å². The summed E-state index contributed by atoms with van der Waals surface area (Å²) >= 11 is 0. The first kappa shape index (κ1) is 18.9. The van der Waals surface area contributed by atoms with Crippen LogP contribution in [-0.2, 0) is 0 Å². The zero-order valence-corrected chi connectivity index (χ0v) is 14.2. The second-order valence-corrected chi connectivity index (χ2v) is 7.05. The molecule has 4 atom stereocenters. The van der Waals surface area contributed by atoms with E-state index in [1.165, 1.54) is 57.8 Å². The van der Waals surface area contributed by atoms with Gasteiger partial charge in [0.05, 0.1) is 12.2 Å². The number of rotatable bonds is 11. The van der Waals surface area contributed by atoms with Gasteiger partial charge in [-0.3, -0.25) is 0 Å². The molecule has 0 spiro atoms. The number of aliphatic hydroxyl groups excluding tert-OH is 2. The van der Waals surface area contributed by atoms with Crippen molar-refractivity contribution in [2.24, 2.45) is 0 Å². The van der Waals surface area contributed by atoms with Gasteiger partial charge in [0.25, 0.3) is 0 Å². The van der Waals surface area contributed by atoms with Crippen LogP contribution in [0.3, 0.4) is 0 Å². The number of piperidine rings is 1. The minimum atomic E-state index is -0.143. The Kier molecular flexibility index (Phi) is 10.3. The van der Waals surface area contributed by atoms with E-state index in [-0.39, 0.29) is 18.2 Å². The summed E-state index contributed by atoms with van der Waals surface area (Å²) in [6.07, 6.45) is 14.6. The highest BCUT2D eigenvalue weighted by atomic mass is 16.3. The van der Waals surface area contributed by atoms with Crippen LogP contribution < -0.4 is 5.32 Å². The Morgan fingerprint density at radius 2 is 1.52 bits per heavy atom. The monoisotopic (exact) mass is 299 g/mol. The van der Waals surface area contributed by atoms with Crippen LogP contribution in [0, 0.1) is 0 Å². The fourth-order valence-corrected chi connectivity index (χ4v) is 3.31. The molecule has 0 aromatic heterocycles. The number of nitrogens with one attached hydrogen (secondary N) is 1. The molecule has 0 radical (unpaired) electrons. The van der Waals surface area contributed by atoms with Gasteiger partial charge in [-0.05, 0) is 39.5 Å². The minimum Gasteiger partial charge on any atom is -0.393 e. The van der Waals surface area contributed by atoms with Gasteiger partial charge >= 0.3 is 0 Å². The van der Waals surface area contributed by atoms with E-state index in [9.17, 15) is 10.2 Å². The molecule has 0 amide bonds. The second kappa shape index (κ2) is 11.4. The van der Waals surface area contributed by atoms with E-state index in [0.29, 0.717) is 6.04 Å². The number of hydrogen-bond acceptors (Lipinski definition) is 3. The summed E-state index contributed by atoms with van der Waals surface area (Å²) in [6, 6.07) is 0.897. The molecule has 1 saturated heterocycles. The van der Waals surface area contributed by atoms with E-state index < -0.39 is 0 Å². The lowest BCUT2D eigenvalue weighted by atomic mass is 9.93. The van der Waals surface area contributed by atoms with Gasteiger partial charge in [-0.15, -0.1) is 0 Å². The van der Waals surface area contributed by atoms with Gasteiger partial charge in [0, 0.05) is 12.1 Å². The lowest BCUT2D eigenvalue weighted by Gasteiger charge is -2.32. The normalized spacial score (nSPS) is 27.7. The molecule has 3 N–H and O–H groups in total. The molecule has 3 nitrogen and oxygen atoms in total. The number of aliphatic hydroxyl groups is 2. The van der Waals surface area contributed by atoms with E-state index in [0.717, 1.165) is 19.3 Å². The van der Waals surface area contributed by atoms with Crippen molar-refractivity contribution in [2.45, 2.75) is 115 Å². The highest BCUT2D eigenvalue weighted by Crippen LogP contribution is 2.18. The van der Waals surface area contributed by atoms with Crippen molar-refractivity contribution in [3.63, 3.8) is 0 Å². The largest absolute Gasteiger partial charge is 0.393 e. The molecule has 3 heteroatoms. The minimum absolute atomic E-state index is 0.123. The maximum absolute atomic E-state index is 9.68. The first-order valence-corrected chi connectivity index (χ1v) is 9.21. The summed E-state index contributed by atoms with van der Waals surface area (Å²) in [6.45, 7) is 3.97. The van der Waals surface area contributed by atoms with Crippen LogP contribution in [0.15, 0.2) is 0 Å². The predicted molar refractivity (Wildman–Crippen MR) is 89.5 cm³/mol. The van der Waals surface area contributed by atoms with Crippen LogP contribution in [-0.4, -0.2) is 34.5 Å². The van der Waals surface area contributed by atoms with Crippen molar-refractivity contribution in [1.29, 1.82) is 0 Å². The van der Waals surface area contributed by atoms with Crippen molar-refractivity contribution in [1.82, 2.24) is 5.32 Å². The van der Waals surface area contributed by atoms with Gasteiger partial charge in [0.2, 0.25) is 0 Å². The Hall–Kier alpha value is -0.120. The zero-order valence-electron chi connectivity index (χ0n) is 14.2. The van der Waals surface area contributed by atoms with Crippen LogP contribution in [0.4, 0.5) is 0 Å². The Balaban J connectivity index is 1.82. The molecule has 1 heterocycles. The Morgan fingerprint density at radius 3 is 2.10 bits per heavy atom. The lowest BCUT2D eigenvalue weighted by molar-refractivity contribution is 0.0849. The highest BCUT2D eigenvalue weighted by Gasteiger charge is 2.24. The topological polar surface area (TPSA) is 52.5 Å². The molecule has 1 aliphatic heterocycles. The average Bonchev–Trinajstić information content (AvgIpc) is 2.44. The van der Waals surface area contributed by atoms with E-state index in [2.05, 4.69) is 12.2 Å². The van der Waals surface area contributed by atoms with E-state index in [1.807, 2.05) is 6.92 Å². The molecule has 1 aliphatic rings. The van der Waals surface area contributed by atoms with Crippen molar-refractivity contribution in [3.8, 4) is 0 Å². The molecule has 0 aromatic carbocycles. The Morgan fingerprint density at radius 1 is 0.952 bits per heavy atom. The summed E-state index contributed by atoms with van der Waals surface area (Å²) in [5.41, 5.74) is 0. The first-order chi connectivity index (χ1) is 10.1. The van der Waals surface area contributed by atoms with E-state index >= 15 is 0 Å². The molecule has 0 bridgehead atoms. The quantitative estimate of drug-likeness (QED) is 0.509. The third-order valence-corrected chi connectivity index (χ3v) is 4.81. The molecule has 0 aromatic rings. The molecule has 4 unspecified atom stereocenters. The maximum Gasteiger partial charge on any atom is 0.0691 e. The molecular formula is C18H37NO2. The summed E-state index contributed by atoms with van der Waals surface area (Å²) in [5.74, 6) is 0. The summed E-state index contributed by atoms with van der Waals surface area (Å²) in [5, 5.41) is 22.4. The lowest BCUT2D eigenvalue weighted by Crippen LogP contribution is -2.48. The molecule has 0 aliphatic carbocycles. The molecule has 21 heavy (non-hydrogen) atoms. The molecule has 126 valence electrons. The van der Waals surface area contributed by atoms with Crippen molar-refractivity contribution in [3.05, 3.63) is 0 Å². The second-order valence-electron chi connectivity index (χ2n) is 7.05. The van der Waals surface area contributed by atoms with Crippen LogP contribution in [0.5, 0.6) is 0 Å². The third kappa shape index (κ3) is 9.49. The van der Waals surface area contributed by atoms with Crippen LogP contribution in [0.25, 0.3) is 0 Å². The van der Waals surface area contributed by atoms with Crippen LogP contribution in [0.2, 0.25) is 0 Å². The predicted octanol–water partition coefficient (Wildman–Crippen LogP) is 3.77. The maximum atomic E-state index is 9.68. The summed E-state index contributed by atoms with van der Waals surface area (Å²) in [4.78, 5) is 0. The third-order valence-electron chi connectivity index (χ3n) is 4.81. The fraction of sp³-hybridized carbons (Fsp3) is 1.00. The molecular weight excluding hydrogens is 262 g/mol. The Bertz CT molecular complexity index is 245. The average molecular weight is 299 g/mol. The van der Waals surface area contributed by atoms with Gasteiger partial charge in [-0.25, -0.2) is 0 Å². The van der Waals surface area contributed by atoms with Gasteiger partial charge in [0.1, 0.15) is 0 Å². The first-order valence-electron chi connectivity index (χ1n) is 9.21. The standard InChI is InChI=1S/C18H37NO2/c1-15(20)11-9-7-5-3-4-6-8-10-12-17-13-14-18(21)16(2)19-17/h15-21H,3-14H2,1-2H3. The molecule has 1 rings (SSSR count).